The van der Waals surface area contributed by atoms with Gasteiger partial charge in [-0.2, -0.15) is 0 Å². The second-order valence-corrected chi connectivity index (χ2v) is 2.92. The van der Waals surface area contributed by atoms with Gasteiger partial charge in [0.2, 0.25) is 5.91 Å². The van der Waals surface area contributed by atoms with E-state index in [9.17, 15) is 4.79 Å². The van der Waals surface area contributed by atoms with Crippen molar-refractivity contribution in [2.75, 3.05) is 0 Å². The summed E-state index contributed by atoms with van der Waals surface area (Å²) in [5.41, 5.74) is 0.341. The van der Waals surface area contributed by atoms with Crippen molar-refractivity contribution >= 4 is 5.91 Å². The van der Waals surface area contributed by atoms with E-state index in [0.717, 1.165) is 0 Å². The van der Waals surface area contributed by atoms with Gasteiger partial charge in [-0.25, -0.2) is 0 Å². The molecule has 1 amide bonds. The van der Waals surface area contributed by atoms with E-state index in [1.807, 2.05) is 0 Å². The highest BCUT2D eigenvalue weighted by Crippen LogP contribution is 2.03. The van der Waals surface area contributed by atoms with Crippen molar-refractivity contribution in [1.82, 2.24) is 5.32 Å². The third-order valence-corrected chi connectivity index (χ3v) is 1.78. The van der Waals surface area contributed by atoms with Crippen LogP contribution in [0.15, 0.2) is 24.3 Å². The van der Waals surface area contributed by atoms with Gasteiger partial charge in [0.05, 0.1) is 0 Å². The van der Waals surface area contributed by atoms with Gasteiger partial charge >= 0.3 is 0 Å². The van der Waals surface area contributed by atoms with Crippen molar-refractivity contribution < 1.29 is 15.0 Å². The van der Waals surface area contributed by atoms with E-state index in [1.165, 1.54) is 6.07 Å². The van der Waals surface area contributed by atoms with Crippen LogP contribution in [0.4, 0.5) is 0 Å². The average Bonchev–Trinajstić information content (AvgIpc) is 2.19. The van der Waals surface area contributed by atoms with Gasteiger partial charge in [-0.1, -0.05) is 19.1 Å². The zero-order valence-corrected chi connectivity index (χ0v) is 7.82. The Labute approximate surface area is 82.2 Å². The summed E-state index contributed by atoms with van der Waals surface area (Å²) in [7, 11) is 0. The van der Waals surface area contributed by atoms with E-state index in [1.54, 1.807) is 25.1 Å². The first-order chi connectivity index (χ1) is 6.55. The zero-order chi connectivity index (χ0) is 10.6. The van der Waals surface area contributed by atoms with Crippen LogP contribution < -0.4 is 5.32 Å². The van der Waals surface area contributed by atoms with Crippen LogP contribution in [0.25, 0.3) is 0 Å². The number of carbonyl (C=O) groups is 1. The highest BCUT2D eigenvalue weighted by atomic mass is 16.5. The Morgan fingerprint density at radius 1 is 1.64 bits per heavy atom. The molecule has 0 atom stereocenters. The van der Waals surface area contributed by atoms with Gasteiger partial charge in [-0.15, -0.1) is 0 Å². The predicted octanol–water partition coefficient (Wildman–Crippen LogP) is 0.265. The van der Waals surface area contributed by atoms with E-state index in [4.69, 9.17) is 10.2 Å². The van der Waals surface area contributed by atoms with Crippen LogP contribution in [0, 0.1) is 6.07 Å². The molecule has 0 aliphatic heterocycles. The van der Waals surface area contributed by atoms with Gasteiger partial charge in [0, 0.05) is 12.0 Å². The van der Waals surface area contributed by atoms with Gasteiger partial charge in [0.25, 0.3) is 5.91 Å². The first-order valence-corrected chi connectivity index (χ1v) is 4.28. The third-order valence-electron chi connectivity index (χ3n) is 1.78. The van der Waals surface area contributed by atoms with Gasteiger partial charge in [0.15, 0.2) is 0 Å². The second kappa shape index (κ2) is 4.21. The monoisotopic (exact) mass is 194 g/mol. The summed E-state index contributed by atoms with van der Waals surface area (Å²) in [5.74, 6) is -2.68. The Hall–Kier alpha value is -1.39. The van der Waals surface area contributed by atoms with Crippen LogP contribution in [0.2, 0.25) is 0 Å². The Morgan fingerprint density at radius 3 is 2.86 bits per heavy atom. The summed E-state index contributed by atoms with van der Waals surface area (Å²) in [6.07, 6.45) is 0.0231. The molecular formula is C10H12NO3. The van der Waals surface area contributed by atoms with Crippen LogP contribution >= 0.6 is 0 Å². The van der Waals surface area contributed by atoms with E-state index < -0.39 is 11.8 Å². The van der Waals surface area contributed by atoms with Gasteiger partial charge in [-0.3, -0.25) is 4.79 Å². The maximum atomic E-state index is 11.4. The van der Waals surface area contributed by atoms with Gasteiger partial charge in [-0.05, 0) is 18.2 Å². The molecule has 0 aromatic heterocycles. The molecule has 0 spiro atoms. The third kappa shape index (κ3) is 2.83. The lowest BCUT2D eigenvalue weighted by molar-refractivity contribution is -0.177. The quantitative estimate of drug-likeness (QED) is 0.605. The highest BCUT2D eigenvalue weighted by molar-refractivity contribution is 5.94. The van der Waals surface area contributed by atoms with Crippen LogP contribution in [-0.2, 0) is 0 Å². The van der Waals surface area contributed by atoms with Crippen LogP contribution in [0.3, 0.4) is 0 Å². The van der Waals surface area contributed by atoms with E-state index >= 15 is 0 Å². The number of hydrogen-bond acceptors (Lipinski definition) is 3. The molecular weight excluding hydrogens is 182 g/mol. The molecule has 3 N–H and O–H groups in total. The molecule has 0 fully saturated rings. The molecule has 14 heavy (non-hydrogen) atoms. The maximum Gasteiger partial charge on any atom is 0.255 e. The van der Waals surface area contributed by atoms with Gasteiger partial charge < -0.3 is 15.5 Å². The van der Waals surface area contributed by atoms with Crippen molar-refractivity contribution in [3.8, 4) is 0 Å². The first kappa shape index (κ1) is 10.7. The molecule has 75 valence electrons. The fraction of sp³-hybridized carbons (Fsp3) is 0.300. The molecule has 0 saturated carbocycles. The zero-order valence-electron chi connectivity index (χ0n) is 7.82. The summed E-state index contributed by atoms with van der Waals surface area (Å²) in [4.78, 5) is 11.4. The SMILES string of the molecule is CCC(O)(O)NC(=O)c1c[c]ccc1. The van der Waals surface area contributed by atoms with Crippen molar-refractivity contribution in [3.63, 3.8) is 0 Å². The summed E-state index contributed by atoms with van der Waals surface area (Å²) in [5, 5.41) is 20.4. The normalized spacial score (nSPS) is 11.1. The Morgan fingerprint density at radius 2 is 2.36 bits per heavy atom. The minimum absolute atomic E-state index is 0.0231. The van der Waals surface area contributed by atoms with Crippen molar-refractivity contribution in [2.45, 2.75) is 19.3 Å². The Bertz CT molecular complexity index is 308. The second-order valence-electron chi connectivity index (χ2n) is 2.92. The number of aliphatic hydroxyl groups is 2. The van der Waals surface area contributed by atoms with Crippen molar-refractivity contribution in [1.29, 1.82) is 0 Å². The number of nitrogens with one attached hydrogen (secondary N) is 1. The lowest BCUT2D eigenvalue weighted by Gasteiger charge is -2.20. The van der Waals surface area contributed by atoms with E-state index in [-0.39, 0.29) is 6.42 Å². The highest BCUT2D eigenvalue weighted by Gasteiger charge is 2.23. The summed E-state index contributed by atoms with van der Waals surface area (Å²) in [6.45, 7) is 1.55. The topological polar surface area (TPSA) is 69.6 Å². The molecule has 0 unspecified atom stereocenters. The largest absolute Gasteiger partial charge is 0.349 e. The number of carbonyl (C=O) groups excluding carboxylic acids is 1. The van der Waals surface area contributed by atoms with Crippen LogP contribution in [0.1, 0.15) is 23.7 Å². The molecule has 4 heteroatoms. The molecule has 1 aromatic carbocycles. The molecule has 0 aliphatic carbocycles. The molecule has 0 bridgehead atoms. The van der Waals surface area contributed by atoms with Gasteiger partial charge in [0.1, 0.15) is 0 Å². The first-order valence-electron chi connectivity index (χ1n) is 4.28. The molecule has 0 saturated heterocycles. The Balaban J connectivity index is 2.69. The average molecular weight is 194 g/mol. The fourth-order valence-electron chi connectivity index (χ4n) is 0.877. The van der Waals surface area contributed by atoms with E-state index in [0.29, 0.717) is 5.56 Å². The smallest absolute Gasteiger partial charge is 0.255 e. The number of rotatable bonds is 3. The predicted molar refractivity (Wildman–Crippen MR) is 50.2 cm³/mol. The van der Waals surface area contributed by atoms with Crippen LogP contribution in [0.5, 0.6) is 0 Å². The molecule has 0 heterocycles. The molecule has 1 radical (unpaired) electrons. The summed E-state index contributed by atoms with van der Waals surface area (Å²) >= 11 is 0. The minimum atomic E-state index is -2.15. The fourth-order valence-corrected chi connectivity index (χ4v) is 0.877. The van der Waals surface area contributed by atoms with Crippen molar-refractivity contribution in [2.24, 2.45) is 0 Å². The van der Waals surface area contributed by atoms with Crippen molar-refractivity contribution in [3.05, 3.63) is 35.9 Å². The lowest BCUT2D eigenvalue weighted by atomic mass is 10.2. The van der Waals surface area contributed by atoms with Crippen LogP contribution in [-0.4, -0.2) is 22.0 Å². The minimum Gasteiger partial charge on any atom is -0.349 e. The molecule has 4 nitrogen and oxygen atoms in total. The summed E-state index contributed by atoms with van der Waals surface area (Å²) < 4.78 is 0. The number of hydrogen-bond donors (Lipinski definition) is 3. The molecule has 0 aliphatic rings. The maximum absolute atomic E-state index is 11.4. The molecule has 1 rings (SSSR count). The number of benzene rings is 1. The standard InChI is InChI=1S/C10H12NO3/c1-2-10(13,14)11-9(12)8-6-4-3-5-7-8/h3-4,6-7,13-14H,2H2,1H3,(H,11,12). The lowest BCUT2D eigenvalue weighted by Crippen LogP contribution is -2.47. The van der Waals surface area contributed by atoms with E-state index in [2.05, 4.69) is 11.4 Å². The molecule has 1 aromatic rings. The summed E-state index contributed by atoms with van der Waals surface area (Å²) in [6, 6.07) is 9.07. The Kier molecular flexibility index (Phi) is 3.22. The number of amides is 1.